The Morgan fingerprint density at radius 3 is 2.48 bits per heavy atom. The summed E-state index contributed by atoms with van der Waals surface area (Å²) >= 11 is 0. The van der Waals surface area contributed by atoms with Crippen molar-refractivity contribution in [3.05, 3.63) is 89.0 Å². The van der Waals surface area contributed by atoms with E-state index in [0.29, 0.717) is 36.7 Å². The van der Waals surface area contributed by atoms with Crippen LogP contribution in [0.3, 0.4) is 0 Å². The Labute approximate surface area is 191 Å². The van der Waals surface area contributed by atoms with Gasteiger partial charge in [-0.3, -0.25) is 0 Å². The van der Waals surface area contributed by atoms with Gasteiger partial charge in [0.1, 0.15) is 5.75 Å². The molecule has 0 N–H and O–H groups in total. The highest BCUT2D eigenvalue weighted by Gasteiger charge is 2.42. The van der Waals surface area contributed by atoms with Crippen LogP contribution in [0.4, 0.5) is 8.78 Å². The number of hydrazone groups is 1. The van der Waals surface area contributed by atoms with Crippen LogP contribution in [0.5, 0.6) is 17.2 Å². The van der Waals surface area contributed by atoms with E-state index in [2.05, 4.69) is 0 Å². The molecule has 0 radical (unpaired) electrons. The second-order valence-electron chi connectivity index (χ2n) is 7.86. The lowest BCUT2D eigenvalue weighted by molar-refractivity contribution is -0.0214. The summed E-state index contributed by atoms with van der Waals surface area (Å²) in [6.45, 7) is 4.93. The van der Waals surface area contributed by atoms with Gasteiger partial charge in [0, 0.05) is 17.5 Å². The average Bonchev–Trinajstić information content (AvgIpc) is 3.27. The molecule has 170 valence electrons. The summed E-state index contributed by atoms with van der Waals surface area (Å²) in [5, 5.41) is 6.70. The van der Waals surface area contributed by atoms with E-state index < -0.39 is 17.9 Å². The number of fused-ring (bicyclic) bond motifs is 3. The summed E-state index contributed by atoms with van der Waals surface area (Å²) in [5.41, 5.74) is 3.28. The molecule has 0 spiro atoms. The van der Waals surface area contributed by atoms with Crippen molar-refractivity contribution in [2.45, 2.75) is 32.5 Å². The first-order valence-corrected chi connectivity index (χ1v) is 11.1. The maximum Gasteiger partial charge on any atom is 0.214 e. The van der Waals surface area contributed by atoms with Crippen LogP contribution in [-0.2, 0) is 0 Å². The molecule has 0 unspecified atom stereocenters. The lowest BCUT2D eigenvalue weighted by atomic mass is 9.95. The maximum absolute atomic E-state index is 14.1. The Morgan fingerprint density at radius 2 is 1.76 bits per heavy atom. The van der Waals surface area contributed by atoms with Crippen molar-refractivity contribution in [1.29, 1.82) is 0 Å². The van der Waals surface area contributed by atoms with E-state index in [9.17, 15) is 8.78 Å². The average molecular weight is 450 g/mol. The highest BCUT2D eigenvalue weighted by atomic mass is 19.2. The minimum atomic E-state index is -0.925. The minimum absolute atomic E-state index is 0.131. The Kier molecular flexibility index (Phi) is 5.62. The second-order valence-corrected chi connectivity index (χ2v) is 7.86. The highest BCUT2D eigenvalue weighted by Crippen LogP contribution is 2.50. The molecule has 0 aliphatic carbocycles. The number of benzene rings is 3. The van der Waals surface area contributed by atoms with Gasteiger partial charge >= 0.3 is 0 Å². The Balaban J connectivity index is 1.57. The number of halogens is 2. The highest BCUT2D eigenvalue weighted by molar-refractivity contribution is 6.02. The summed E-state index contributed by atoms with van der Waals surface area (Å²) in [6.07, 6.45) is -0.0838. The molecule has 2 aliphatic heterocycles. The number of hydrogen-bond donors (Lipinski definition) is 0. The van der Waals surface area contributed by atoms with Gasteiger partial charge in [0.05, 0.1) is 25.0 Å². The van der Waals surface area contributed by atoms with Gasteiger partial charge in [0.25, 0.3) is 0 Å². The number of para-hydroxylation sites is 1. The van der Waals surface area contributed by atoms with E-state index in [1.54, 1.807) is 0 Å². The molecule has 3 aromatic carbocycles. The fourth-order valence-corrected chi connectivity index (χ4v) is 4.32. The lowest BCUT2D eigenvalue weighted by Crippen LogP contribution is -2.34. The SMILES string of the molecule is CCOc1ccc(C2=NN3[C@@H](c4ccc(F)c(F)c4)Oc4c(OCC)cccc4[C@@H]3C2)cc1. The molecule has 0 amide bonds. The van der Waals surface area contributed by atoms with Gasteiger partial charge < -0.3 is 14.2 Å². The zero-order chi connectivity index (χ0) is 22.9. The van der Waals surface area contributed by atoms with Crippen molar-refractivity contribution in [2.24, 2.45) is 5.10 Å². The van der Waals surface area contributed by atoms with Gasteiger partial charge in [-0.05, 0) is 61.9 Å². The quantitative estimate of drug-likeness (QED) is 0.462. The Bertz CT molecular complexity index is 1200. The predicted octanol–water partition coefficient (Wildman–Crippen LogP) is 6.00. The maximum atomic E-state index is 14.1. The molecular weight excluding hydrogens is 426 g/mol. The third-order valence-corrected chi connectivity index (χ3v) is 5.81. The summed E-state index contributed by atoms with van der Waals surface area (Å²) in [4.78, 5) is 0. The van der Waals surface area contributed by atoms with Gasteiger partial charge in [-0.15, -0.1) is 0 Å². The van der Waals surface area contributed by atoms with E-state index in [4.69, 9.17) is 19.3 Å². The fraction of sp³-hybridized carbons (Fsp3) is 0.269. The molecule has 2 heterocycles. The van der Waals surface area contributed by atoms with Crippen molar-refractivity contribution in [1.82, 2.24) is 5.01 Å². The van der Waals surface area contributed by atoms with Crippen molar-refractivity contribution >= 4 is 5.71 Å². The monoisotopic (exact) mass is 450 g/mol. The van der Waals surface area contributed by atoms with Crippen molar-refractivity contribution in [2.75, 3.05) is 13.2 Å². The zero-order valence-electron chi connectivity index (χ0n) is 18.4. The summed E-state index contributed by atoms with van der Waals surface area (Å²) < 4.78 is 45.4. The smallest absolute Gasteiger partial charge is 0.214 e. The standard InChI is InChI=1S/C26H24F2N2O3/c1-3-31-18-11-8-16(9-12-18)22-15-23-19-6-5-7-24(32-4-2)25(19)33-26(30(23)29-22)17-10-13-20(27)21(28)14-17/h5-14,23,26H,3-4,15H2,1-2H3/t23-,26+/m0/s1. The van der Waals surface area contributed by atoms with E-state index in [0.717, 1.165) is 34.7 Å². The van der Waals surface area contributed by atoms with E-state index in [-0.39, 0.29) is 6.04 Å². The van der Waals surface area contributed by atoms with Gasteiger partial charge in [0.15, 0.2) is 23.1 Å². The van der Waals surface area contributed by atoms with Gasteiger partial charge in [0.2, 0.25) is 6.23 Å². The molecule has 7 heteroatoms. The Hall–Kier alpha value is -3.61. The summed E-state index contributed by atoms with van der Waals surface area (Å²) in [7, 11) is 0. The van der Waals surface area contributed by atoms with Crippen LogP contribution in [0.2, 0.25) is 0 Å². The first kappa shape index (κ1) is 21.2. The first-order chi connectivity index (χ1) is 16.1. The van der Waals surface area contributed by atoms with Crippen LogP contribution in [0.15, 0.2) is 65.8 Å². The third kappa shape index (κ3) is 3.88. The number of ether oxygens (including phenoxy) is 3. The lowest BCUT2D eigenvalue weighted by Gasteiger charge is -2.38. The van der Waals surface area contributed by atoms with Crippen molar-refractivity contribution in [3.8, 4) is 17.2 Å². The molecule has 5 nitrogen and oxygen atoms in total. The number of hydrogen-bond acceptors (Lipinski definition) is 5. The Morgan fingerprint density at radius 1 is 0.970 bits per heavy atom. The molecule has 0 bridgehead atoms. The largest absolute Gasteiger partial charge is 0.494 e. The van der Waals surface area contributed by atoms with Crippen LogP contribution in [-0.4, -0.2) is 23.9 Å². The number of nitrogens with zero attached hydrogens (tertiary/aromatic N) is 2. The van der Waals surface area contributed by atoms with Crippen LogP contribution >= 0.6 is 0 Å². The van der Waals surface area contributed by atoms with Gasteiger partial charge in [-0.2, -0.15) is 5.10 Å². The molecule has 2 atom stereocenters. The summed E-state index contributed by atoms with van der Waals surface area (Å²) in [6, 6.07) is 17.2. The minimum Gasteiger partial charge on any atom is -0.494 e. The fourth-order valence-electron chi connectivity index (χ4n) is 4.32. The summed E-state index contributed by atoms with van der Waals surface area (Å²) in [5.74, 6) is 0.204. The second kappa shape index (κ2) is 8.73. The molecule has 33 heavy (non-hydrogen) atoms. The first-order valence-electron chi connectivity index (χ1n) is 11.1. The van der Waals surface area contributed by atoms with Crippen molar-refractivity contribution < 1.29 is 23.0 Å². The number of rotatable bonds is 6. The van der Waals surface area contributed by atoms with Gasteiger partial charge in [-0.25, -0.2) is 13.8 Å². The van der Waals surface area contributed by atoms with Gasteiger partial charge in [-0.1, -0.05) is 18.2 Å². The molecule has 2 aliphatic rings. The van der Waals surface area contributed by atoms with E-state index in [1.165, 1.54) is 6.07 Å². The molecule has 0 saturated heterocycles. The van der Waals surface area contributed by atoms with Crippen molar-refractivity contribution in [3.63, 3.8) is 0 Å². The molecule has 5 rings (SSSR count). The molecule has 0 aromatic heterocycles. The molecule has 3 aromatic rings. The van der Waals surface area contributed by atoms with E-state index >= 15 is 0 Å². The topological polar surface area (TPSA) is 43.3 Å². The molecule has 0 fully saturated rings. The zero-order valence-corrected chi connectivity index (χ0v) is 18.4. The third-order valence-electron chi connectivity index (χ3n) is 5.81. The van der Waals surface area contributed by atoms with Crippen LogP contribution < -0.4 is 14.2 Å². The molecular formula is C26H24F2N2O3. The van der Waals surface area contributed by atoms with Crippen LogP contribution in [0, 0.1) is 11.6 Å². The van der Waals surface area contributed by atoms with E-state index in [1.807, 2.05) is 61.3 Å². The normalized spacial score (nSPS) is 18.8. The van der Waals surface area contributed by atoms with Crippen LogP contribution in [0.25, 0.3) is 0 Å². The predicted molar refractivity (Wildman–Crippen MR) is 121 cm³/mol. The molecule has 0 saturated carbocycles. The van der Waals surface area contributed by atoms with Crippen LogP contribution in [0.1, 0.15) is 49.2 Å².